The van der Waals surface area contributed by atoms with Gasteiger partial charge >= 0.3 is 11.9 Å². The molecule has 2 N–H and O–H groups in total. The van der Waals surface area contributed by atoms with E-state index < -0.39 is 5.95 Å². The summed E-state index contributed by atoms with van der Waals surface area (Å²) in [7, 11) is 1.63. The molecule has 40 heavy (non-hydrogen) atoms. The fraction of sp³-hybridized carbons (Fsp3) is 0.241. The first-order chi connectivity index (χ1) is 19.4. The number of benzene rings is 2. The summed E-state index contributed by atoms with van der Waals surface area (Å²) in [6.07, 6.45) is 2.56. The predicted molar refractivity (Wildman–Crippen MR) is 147 cm³/mol. The summed E-state index contributed by atoms with van der Waals surface area (Å²) in [4.78, 5) is 21.0. The van der Waals surface area contributed by atoms with Crippen LogP contribution >= 0.6 is 0 Å². The first kappa shape index (κ1) is 24.1. The quantitative estimate of drug-likeness (QED) is 0.169. The van der Waals surface area contributed by atoms with Gasteiger partial charge in [-0.2, -0.15) is 9.29 Å². The molecule has 2 aromatic heterocycles. The number of carbonyl (C=O) groups is 1. The normalized spacial score (nSPS) is 19.6. The number of anilines is 3. The second kappa shape index (κ2) is 9.08. The van der Waals surface area contributed by atoms with Crippen molar-refractivity contribution in [1.29, 1.82) is 0 Å². The summed E-state index contributed by atoms with van der Waals surface area (Å²) in [5.41, 5.74) is 3.28. The van der Waals surface area contributed by atoms with Crippen molar-refractivity contribution in [2.24, 2.45) is 0 Å². The second-order valence-electron chi connectivity index (χ2n) is 10.3. The molecule has 0 radical (unpaired) electrons. The van der Waals surface area contributed by atoms with Gasteiger partial charge in [-0.25, -0.2) is 19.4 Å². The highest BCUT2D eigenvalue weighted by molar-refractivity contribution is 6.19. The van der Waals surface area contributed by atoms with E-state index in [2.05, 4.69) is 10.3 Å². The third kappa shape index (κ3) is 3.76. The van der Waals surface area contributed by atoms with E-state index in [1.807, 2.05) is 29.2 Å². The molecule has 2 aliphatic heterocycles. The van der Waals surface area contributed by atoms with E-state index in [9.17, 15) is 19.5 Å². The molecule has 1 amide bonds. The van der Waals surface area contributed by atoms with Crippen molar-refractivity contribution in [2.45, 2.75) is 37.9 Å². The minimum Gasteiger partial charge on any atom is -0.744 e. The molecule has 10 nitrogen and oxygen atoms in total. The van der Waals surface area contributed by atoms with Crippen LogP contribution in [0.1, 0.15) is 35.2 Å². The molecule has 2 aromatic carbocycles. The lowest BCUT2D eigenvalue weighted by Gasteiger charge is -2.27. The van der Waals surface area contributed by atoms with Gasteiger partial charge < -0.3 is 15.6 Å². The standard InChI is InChI=1S/C29H26FN7O3/c1-34-28(39)25-26(31-19-12-14-20(38)15-13-19)35(33-27(25)36-22-5-3-6-23(22)37(40)29(34)36)16-17-8-10-18(11-9-17)21-4-2-7-24(30)32-21/h2,4,7-15,22-23,31,38H,3,5-6,16H2,1H3/t22-,23+/m0/s1. The number of guanidine groups is 1. The number of phenols is 1. The van der Waals surface area contributed by atoms with Crippen LogP contribution in [0.3, 0.4) is 0 Å². The number of amides is 1. The number of phenolic OH excluding ortho intramolecular Hbond substituents is 1. The van der Waals surface area contributed by atoms with Crippen molar-refractivity contribution in [3.63, 3.8) is 0 Å². The zero-order chi connectivity index (χ0) is 27.5. The maximum atomic E-state index is 13.7. The van der Waals surface area contributed by atoms with Crippen molar-refractivity contribution in [3.8, 4) is 17.0 Å². The zero-order valence-corrected chi connectivity index (χ0v) is 21.7. The van der Waals surface area contributed by atoms with Crippen LogP contribution in [0.15, 0.2) is 66.7 Å². The number of carbonyl (C=O) groups excluding carboxylic acids is 1. The molecule has 3 aliphatic rings. The van der Waals surface area contributed by atoms with Gasteiger partial charge in [0.2, 0.25) is 11.8 Å². The molecule has 1 aliphatic carbocycles. The van der Waals surface area contributed by atoms with Gasteiger partial charge in [0.25, 0.3) is 0 Å². The lowest BCUT2D eigenvalue weighted by molar-refractivity contribution is -0.495. The molecule has 1 saturated carbocycles. The Morgan fingerprint density at radius 2 is 1.88 bits per heavy atom. The Bertz CT molecular complexity index is 1670. The highest BCUT2D eigenvalue weighted by atomic mass is 19.1. The van der Waals surface area contributed by atoms with E-state index in [0.717, 1.165) is 35.1 Å². The Hall–Kier alpha value is -4.93. The van der Waals surface area contributed by atoms with Crippen LogP contribution in [0.5, 0.6) is 5.75 Å². The number of hydrogen-bond donors (Lipinski definition) is 2. The summed E-state index contributed by atoms with van der Waals surface area (Å²) in [5.74, 6) is 0.551. The molecule has 11 heteroatoms. The minimum atomic E-state index is -0.539. The molecule has 0 bridgehead atoms. The topological polar surface area (TPSA) is 113 Å². The summed E-state index contributed by atoms with van der Waals surface area (Å²) >= 11 is 0. The van der Waals surface area contributed by atoms with E-state index in [1.54, 1.807) is 48.1 Å². The van der Waals surface area contributed by atoms with Crippen LogP contribution in [0.2, 0.25) is 0 Å². The molecule has 1 fully saturated rings. The number of nitrogens with one attached hydrogen (secondary N) is 1. The van der Waals surface area contributed by atoms with Gasteiger partial charge in [0, 0.05) is 11.3 Å². The third-order valence-electron chi connectivity index (χ3n) is 7.90. The highest BCUT2D eigenvalue weighted by Gasteiger charge is 2.56. The van der Waals surface area contributed by atoms with Crippen molar-refractivity contribution in [3.05, 3.63) is 89.0 Å². The zero-order valence-electron chi connectivity index (χ0n) is 21.7. The largest absolute Gasteiger partial charge is 0.744 e. The van der Waals surface area contributed by atoms with Crippen LogP contribution in [0, 0.1) is 11.2 Å². The molecule has 2 atom stereocenters. The number of rotatable bonds is 5. The number of nitrogens with zero attached hydrogens (tertiary/aromatic N) is 6. The van der Waals surface area contributed by atoms with E-state index in [4.69, 9.17) is 5.10 Å². The Balaban J connectivity index is 1.31. The third-order valence-corrected chi connectivity index (χ3v) is 7.90. The molecule has 0 unspecified atom stereocenters. The monoisotopic (exact) mass is 539 g/mol. The van der Waals surface area contributed by atoms with Gasteiger partial charge in [-0.05, 0) is 61.2 Å². The summed E-state index contributed by atoms with van der Waals surface area (Å²) in [6, 6.07) is 18.6. The summed E-state index contributed by atoms with van der Waals surface area (Å²) in [6.45, 7) is 0.333. The van der Waals surface area contributed by atoms with Crippen molar-refractivity contribution >= 4 is 29.2 Å². The molecule has 4 aromatic rings. The molecule has 7 rings (SSSR count). The van der Waals surface area contributed by atoms with E-state index >= 15 is 0 Å². The van der Waals surface area contributed by atoms with Crippen LogP contribution in [0.4, 0.5) is 21.7 Å². The number of aromatic hydroxyl groups is 1. The van der Waals surface area contributed by atoms with Crippen molar-refractivity contribution < 1.29 is 19.0 Å². The van der Waals surface area contributed by atoms with E-state index in [1.165, 1.54) is 11.0 Å². The molecule has 0 spiro atoms. The number of hydrogen-bond acceptors (Lipinski definition) is 7. The van der Waals surface area contributed by atoms with Gasteiger partial charge in [0.1, 0.15) is 23.7 Å². The Morgan fingerprint density at radius 3 is 2.62 bits per heavy atom. The maximum Gasteiger partial charge on any atom is 0.365 e. The number of hydroxylamine groups is 1. The fourth-order valence-corrected chi connectivity index (χ4v) is 5.98. The first-order valence-corrected chi connectivity index (χ1v) is 13.2. The summed E-state index contributed by atoms with van der Waals surface area (Å²) in [5, 5.41) is 31.2. The van der Waals surface area contributed by atoms with Gasteiger partial charge in [-0.3, -0.25) is 4.74 Å². The van der Waals surface area contributed by atoms with Crippen LogP contribution in [-0.2, 0) is 6.54 Å². The number of pyridine rings is 1. The predicted octanol–water partition coefficient (Wildman–Crippen LogP) is 4.27. The van der Waals surface area contributed by atoms with Crippen molar-refractivity contribution in [2.75, 3.05) is 17.3 Å². The molecule has 0 saturated heterocycles. The molecule has 4 heterocycles. The fourth-order valence-electron chi connectivity index (χ4n) is 5.98. The average Bonchev–Trinajstić information content (AvgIpc) is 3.64. The van der Waals surface area contributed by atoms with E-state index in [-0.39, 0.29) is 23.7 Å². The van der Waals surface area contributed by atoms with Gasteiger partial charge in [-0.1, -0.05) is 30.3 Å². The number of aromatic nitrogens is 3. The minimum absolute atomic E-state index is 0.0512. The Labute approximate surface area is 229 Å². The van der Waals surface area contributed by atoms with E-state index in [0.29, 0.717) is 41.1 Å². The van der Waals surface area contributed by atoms with Crippen LogP contribution < -0.4 is 10.2 Å². The summed E-state index contributed by atoms with van der Waals surface area (Å²) < 4.78 is 16.3. The number of halogens is 1. The lowest BCUT2D eigenvalue weighted by atomic mass is 10.1. The maximum absolute atomic E-state index is 13.7. The first-order valence-electron chi connectivity index (χ1n) is 13.2. The average molecular weight is 540 g/mol. The lowest BCUT2D eigenvalue weighted by Crippen LogP contribution is -2.52. The Morgan fingerprint density at radius 1 is 1.10 bits per heavy atom. The second-order valence-corrected chi connectivity index (χ2v) is 10.3. The SMILES string of the molecule is CN1C(=O)c2c(nn(Cc3ccc(-c4cccc(F)n4)cc3)c2Nc2ccc(O)cc2)N2C1=[N+]([O-])[C@@H]1CCC[C@@H]12. The van der Waals surface area contributed by atoms with Crippen molar-refractivity contribution in [1.82, 2.24) is 19.7 Å². The molecular weight excluding hydrogens is 513 g/mol. The molecule has 202 valence electrons. The van der Waals surface area contributed by atoms with Crippen LogP contribution in [0.25, 0.3) is 11.3 Å². The Kier molecular flexibility index (Phi) is 5.48. The number of fused-ring (bicyclic) bond motifs is 5. The van der Waals surface area contributed by atoms with Gasteiger partial charge in [0.15, 0.2) is 5.56 Å². The highest BCUT2D eigenvalue weighted by Crippen LogP contribution is 2.42. The molecular formula is C29H26FN7O3. The van der Waals surface area contributed by atoms with Gasteiger partial charge in [0.05, 0.1) is 19.3 Å². The van der Waals surface area contributed by atoms with Crippen LogP contribution in [-0.4, -0.2) is 60.5 Å². The smallest absolute Gasteiger partial charge is 0.365 e. The van der Waals surface area contributed by atoms with Gasteiger partial charge in [-0.15, -0.1) is 5.10 Å².